The third-order valence-electron chi connectivity index (χ3n) is 0.892. The minimum atomic E-state index is -1.01. The van der Waals surface area contributed by atoms with Gasteiger partial charge in [-0.15, -0.1) is 11.8 Å². The van der Waals surface area contributed by atoms with E-state index in [1.165, 1.54) is 18.7 Å². The van der Waals surface area contributed by atoms with Crippen LogP contribution in [0.4, 0.5) is 0 Å². The fraction of sp³-hybridized carbons (Fsp3) is 0.667. The number of hydrogen-bond donors (Lipinski definition) is 2. The summed E-state index contributed by atoms with van der Waals surface area (Å²) < 4.78 is 0. The van der Waals surface area contributed by atoms with Crippen molar-refractivity contribution in [1.29, 1.82) is 0 Å². The first-order valence-corrected chi connectivity index (χ1v) is 4.24. The molecule has 0 saturated heterocycles. The van der Waals surface area contributed by atoms with Crippen LogP contribution >= 0.6 is 11.8 Å². The number of carbonyl (C=O) groups excluding carboxylic acids is 1. The van der Waals surface area contributed by atoms with Crippen LogP contribution in [-0.2, 0) is 9.59 Å². The molecule has 0 radical (unpaired) electrons. The third kappa shape index (κ3) is 4.66. The molecule has 2 N–H and O–H groups in total. The number of hydrogen-bond acceptors (Lipinski definition) is 3. The molecule has 0 aliphatic heterocycles. The van der Waals surface area contributed by atoms with Gasteiger partial charge in [0.2, 0.25) is 5.91 Å². The van der Waals surface area contributed by atoms with E-state index in [2.05, 4.69) is 5.32 Å². The Morgan fingerprint density at radius 2 is 2.18 bits per heavy atom. The molecule has 1 amide bonds. The molecule has 0 fully saturated rings. The molecule has 0 rings (SSSR count). The predicted octanol–water partition coefficient (Wildman–Crippen LogP) is 0.286. The SMILES string of the molecule is CCSC(NC(C)=O)C(=O)O. The van der Waals surface area contributed by atoms with Crippen molar-refractivity contribution in [1.82, 2.24) is 5.32 Å². The van der Waals surface area contributed by atoms with E-state index in [9.17, 15) is 9.59 Å². The summed E-state index contributed by atoms with van der Waals surface area (Å²) in [7, 11) is 0. The fourth-order valence-corrected chi connectivity index (χ4v) is 1.25. The molecular weight excluding hydrogens is 166 g/mol. The predicted molar refractivity (Wildman–Crippen MR) is 43.4 cm³/mol. The monoisotopic (exact) mass is 177 g/mol. The van der Waals surface area contributed by atoms with Crippen LogP contribution < -0.4 is 5.32 Å². The van der Waals surface area contributed by atoms with Gasteiger partial charge in [-0.1, -0.05) is 6.92 Å². The molecule has 5 heteroatoms. The highest BCUT2D eigenvalue weighted by Crippen LogP contribution is 2.06. The van der Waals surface area contributed by atoms with Crippen molar-refractivity contribution in [2.75, 3.05) is 5.75 Å². The maximum atomic E-state index is 10.4. The Hall–Kier alpha value is -0.710. The second kappa shape index (κ2) is 5.01. The fourth-order valence-electron chi connectivity index (χ4n) is 0.526. The lowest BCUT2D eigenvalue weighted by molar-refractivity contribution is -0.138. The van der Waals surface area contributed by atoms with Crippen LogP contribution in [-0.4, -0.2) is 28.1 Å². The number of carboxylic acid groups (broad SMARTS) is 1. The van der Waals surface area contributed by atoms with E-state index in [1.54, 1.807) is 0 Å². The van der Waals surface area contributed by atoms with Crippen molar-refractivity contribution in [3.63, 3.8) is 0 Å². The Morgan fingerprint density at radius 1 is 1.64 bits per heavy atom. The van der Waals surface area contributed by atoms with Gasteiger partial charge in [-0.05, 0) is 5.75 Å². The molecule has 0 aliphatic carbocycles. The molecule has 0 bridgehead atoms. The molecule has 1 unspecified atom stereocenters. The summed E-state index contributed by atoms with van der Waals surface area (Å²) in [5.74, 6) is -0.664. The van der Waals surface area contributed by atoms with Gasteiger partial charge in [0.15, 0.2) is 5.37 Å². The maximum Gasteiger partial charge on any atom is 0.336 e. The average Bonchev–Trinajstić information content (AvgIpc) is 1.86. The summed E-state index contributed by atoms with van der Waals surface area (Å²) >= 11 is 1.18. The van der Waals surface area contributed by atoms with Gasteiger partial charge in [0, 0.05) is 6.92 Å². The van der Waals surface area contributed by atoms with E-state index in [1.807, 2.05) is 6.92 Å². The number of rotatable bonds is 4. The second-order valence-electron chi connectivity index (χ2n) is 1.87. The number of amides is 1. The summed E-state index contributed by atoms with van der Waals surface area (Å²) in [4.78, 5) is 20.8. The van der Waals surface area contributed by atoms with Gasteiger partial charge >= 0.3 is 5.97 Å². The van der Waals surface area contributed by atoms with Gasteiger partial charge in [0.25, 0.3) is 0 Å². The standard InChI is InChI=1S/C6H11NO3S/c1-3-11-5(6(9)10)7-4(2)8/h5H,3H2,1-2H3,(H,7,8)(H,9,10). The molecule has 1 atom stereocenters. The Balaban J connectivity index is 3.89. The molecule has 0 saturated carbocycles. The van der Waals surface area contributed by atoms with Crippen LogP contribution in [0.15, 0.2) is 0 Å². The first kappa shape index (κ1) is 10.3. The molecule has 0 aromatic carbocycles. The van der Waals surface area contributed by atoms with Crippen molar-refractivity contribution < 1.29 is 14.7 Å². The van der Waals surface area contributed by atoms with E-state index in [0.29, 0.717) is 5.75 Å². The summed E-state index contributed by atoms with van der Waals surface area (Å²) in [5, 5.41) is 10.0. The van der Waals surface area contributed by atoms with Gasteiger partial charge in [0.05, 0.1) is 0 Å². The van der Waals surface area contributed by atoms with Gasteiger partial charge in [-0.2, -0.15) is 0 Å². The van der Waals surface area contributed by atoms with Crippen LogP contribution in [0.2, 0.25) is 0 Å². The molecule has 0 spiro atoms. The molecule has 0 aromatic heterocycles. The minimum Gasteiger partial charge on any atom is -0.479 e. The first-order valence-electron chi connectivity index (χ1n) is 3.19. The Morgan fingerprint density at radius 3 is 2.45 bits per heavy atom. The van der Waals surface area contributed by atoms with Gasteiger partial charge in [-0.25, -0.2) is 4.79 Å². The zero-order chi connectivity index (χ0) is 8.85. The van der Waals surface area contributed by atoms with Crippen LogP contribution in [0, 0.1) is 0 Å². The van der Waals surface area contributed by atoms with Crippen molar-refractivity contribution in [2.24, 2.45) is 0 Å². The smallest absolute Gasteiger partial charge is 0.336 e. The highest BCUT2D eigenvalue weighted by molar-refractivity contribution is 8.00. The Bertz CT molecular complexity index is 160. The molecule has 11 heavy (non-hydrogen) atoms. The first-order chi connectivity index (χ1) is 5.07. The van der Waals surface area contributed by atoms with Gasteiger partial charge in [-0.3, -0.25) is 4.79 Å². The topological polar surface area (TPSA) is 66.4 Å². The summed E-state index contributed by atoms with van der Waals surface area (Å²) in [6.45, 7) is 3.13. The van der Waals surface area contributed by atoms with Crippen molar-refractivity contribution >= 4 is 23.6 Å². The number of carboxylic acids is 1. The van der Waals surface area contributed by atoms with E-state index >= 15 is 0 Å². The van der Waals surface area contributed by atoms with Crippen LogP contribution in [0.25, 0.3) is 0 Å². The van der Waals surface area contributed by atoms with Gasteiger partial charge < -0.3 is 10.4 Å². The number of carbonyl (C=O) groups is 2. The molecular formula is C6H11NO3S. The highest BCUT2D eigenvalue weighted by atomic mass is 32.2. The summed E-state index contributed by atoms with van der Waals surface area (Å²) in [6, 6.07) is 0. The van der Waals surface area contributed by atoms with Crippen molar-refractivity contribution in [3.8, 4) is 0 Å². The number of aliphatic carboxylic acids is 1. The lowest BCUT2D eigenvalue weighted by atomic mass is 10.6. The normalized spacial score (nSPS) is 12.2. The van der Waals surface area contributed by atoms with Crippen LogP contribution in [0.3, 0.4) is 0 Å². The van der Waals surface area contributed by atoms with E-state index < -0.39 is 11.3 Å². The van der Waals surface area contributed by atoms with Crippen LogP contribution in [0.5, 0.6) is 0 Å². The molecule has 0 aromatic rings. The average molecular weight is 177 g/mol. The Kier molecular flexibility index (Phi) is 4.69. The lowest BCUT2D eigenvalue weighted by Crippen LogP contribution is -2.36. The lowest BCUT2D eigenvalue weighted by Gasteiger charge is -2.10. The Labute approximate surface area is 69.4 Å². The highest BCUT2D eigenvalue weighted by Gasteiger charge is 2.16. The zero-order valence-corrected chi connectivity index (χ0v) is 7.27. The van der Waals surface area contributed by atoms with E-state index in [4.69, 9.17) is 5.11 Å². The maximum absolute atomic E-state index is 10.4. The summed E-state index contributed by atoms with van der Waals surface area (Å²) in [6.07, 6.45) is 0. The number of nitrogens with one attached hydrogen (secondary N) is 1. The second-order valence-corrected chi connectivity index (χ2v) is 3.26. The number of thioether (sulfide) groups is 1. The zero-order valence-electron chi connectivity index (χ0n) is 6.46. The molecule has 0 aliphatic rings. The van der Waals surface area contributed by atoms with E-state index in [0.717, 1.165) is 0 Å². The minimum absolute atomic E-state index is 0.321. The van der Waals surface area contributed by atoms with Crippen LogP contribution in [0.1, 0.15) is 13.8 Å². The molecule has 0 heterocycles. The third-order valence-corrected chi connectivity index (χ3v) is 1.88. The largest absolute Gasteiger partial charge is 0.479 e. The van der Waals surface area contributed by atoms with E-state index in [-0.39, 0.29) is 5.91 Å². The molecule has 4 nitrogen and oxygen atoms in total. The quantitative estimate of drug-likeness (QED) is 0.605. The van der Waals surface area contributed by atoms with Crippen molar-refractivity contribution in [2.45, 2.75) is 19.2 Å². The molecule has 64 valence electrons. The van der Waals surface area contributed by atoms with Gasteiger partial charge in [0.1, 0.15) is 0 Å². The summed E-state index contributed by atoms with van der Waals surface area (Å²) in [5.41, 5.74) is 0. The van der Waals surface area contributed by atoms with Crippen molar-refractivity contribution in [3.05, 3.63) is 0 Å².